The lowest BCUT2D eigenvalue weighted by Crippen LogP contribution is -2.27. The molecule has 0 bridgehead atoms. The lowest BCUT2D eigenvalue weighted by atomic mass is 10.1. The molecule has 2 nitrogen and oxygen atoms in total. The summed E-state index contributed by atoms with van der Waals surface area (Å²) >= 11 is 15.4. The predicted molar refractivity (Wildman–Crippen MR) is 86.9 cm³/mol. The van der Waals surface area contributed by atoms with Gasteiger partial charge in [-0.15, -0.1) is 0 Å². The number of carbonyl (C=O) groups excluding carboxylic acids is 1. The average Bonchev–Trinajstić information content (AvgIpc) is 2.47. The quantitative estimate of drug-likeness (QED) is 0.763. The van der Waals surface area contributed by atoms with E-state index in [-0.39, 0.29) is 10.7 Å². The summed E-state index contributed by atoms with van der Waals surface area (Å²) < 4.78 is 0. The van der Waals surface area contributed by atoms with Crippen LogP contribution in [0, 0.1) is 0 Å². The van der Waals surface area contributed by atoms with Gasteiger partial charge in [0.25, 0.3) is 5.91 Å². The van der Waals surface area contributed by atoms with Crippen molar-refractivity contribution >= 4 is 45.0 Å². The number of hydrogen-bond acceptors (Lipinski definition) is 1. The Kier molecular flexibility index (Phi) is 5.46. The third kappa shape index (κ3) is 3.98. The summed E-state index contributed by atoms with van der Waals surface area (Å²) in [5.41, 5.74) is 1.48. The number of rotatable bonds is 4. The largest absolute Gasteiger partial charge is 0.351 e. The van der Waals surface area contributed by atoms with Crippen LogP contribution in [0.2, 0.25) is 10.0 Å². The molecule has 0 aliphatic rings. The van der Waals surface area contributed by atoms with Gasteiger partial charge in [0.15, 0.2) is 0 Å². The van der Waals surface area contributed by atoms with Crippen LogP contribution >= 0.6 is 39.1 Å². The molecule has 1 N–H and O–H groups in total. The second kappa shape index (κ2) is 7.11. The Bertz CT molecular complexity index is 604. The number of benzene rings is 2. The van der Waals surface area contributed by atoms with Gasteiger partial charge >= 0.3 is 0 Å². The van der Waals surface area contributed by atoms with Crippen molar-refractivity contribution in [3.05, 3.63) is 69.7 Å². The first-order valence-corrected chi connectivity index (χ1v) is 7.67. The Labute approximate surface area is 136 Å². The van der Waals surface area contributed by atoms with E-state index in [1.165, 1.54) is 0 Å². The molecule has 0 aromatic heterocycles. The van der Waals surface area contributed by atoms with Crippen molar-refractivity contribution in [3.8, 4) is 0 Å². The molecular formula is C15H12BrCl2NO. The minimum atomic E-state index is -0.238. The maximum absolute atomic E-state index is 12.1. The zero-order valence-corrected chi connectivity index (χ0v) is 13.5. The van der Waals surface area contributed by atoms with Crippen LogP contribution < -0.4 is 5.32 Å². The normalized spacial score (nSPS) is 11.9. The van der Waals surface area contributed by atoms with E-state index in [1.807, 2.05) is 30.3 Å². The van der Waals surface area contributed by atoms with Gasteiger partial charge in [-0.3, -0.25) is 4.79 Å². The molecule has 20 heavy (non-hydrogen) atoms. The smallest absolute Gasteiger partial charge is 0.252 e. The molecule has 2 aromatic rings. The van der Waals surface area contributed by atoms with E-state index in [0.29, 0.717) is 22.2 Å². The van der Waals surface area contributed by atoms with E-state index >= 15 is 0 Å². The SMILES string of the molecule is O=C(NCC(Br)c1ccccc1)c1cc(Cl)ccc1Cl. The first-order chi connectivity index (χ1) is 9.58. The summed E-state index contributed by atoms with van der Waals surface area (Å²) in [5, 5.41) is 3.71. The molecule has 0 heterocycles. The highest BCUT2D eigenvalue weighted by molar-refractivity contribution is 9.09. The van der Waals surface area contributed by atoms with Crippen molar-refractivity contribution in [2.45, 2.75) is 4.83 Å². The zero-order chi connectivity index (χ0) is 14.5. The van der Waals surface area contributed by atoms with Crippen LogP contribution in [0.5, 0.6) is 0 Å². The fourth-order valence-corrected chi connectivity index (χ4v) is 2.57. The molecule has 0 aliphatic heterocycles. The van der Waals surface area contributed by atoms with Gasteiger partial charge in [0.05, 0.1) is 15.4 Å². The van der Waals surface area contributed by atoms with Crippen LogP contribution in [0.1, 0.15) is 20.7 Å². The van der Waals surface area contributed by atoms with Gasteiger partial charge in [0, 0.05) is 11.6 Å². The standard InChI is InChI=1S/C15H12BrCl2NO/c16-13(10-4-2-1-3-5-10)9-19-15(20)12-8-11(17)6-7-14(12)18/h1-8,13H,9H2,(H,19,20). The van der Waals surface area contributed by atoms with Crippen molar-refractivity contribution in [3.63, 3.8) is 0 Å². The van der Waals surface area contributed by atoms with E-state index in [9.17, 15) is 4.79 Å². The Hall–Kier alpha value is -1.03. The second-order valence-corrected chi connectivity index (χ2v) is 6.16. The summed E-state index contributed by atoms with van der Waals surface area (Å²) in [6.45, 7) is 0.464. The first kappa shape index (κ1) is 15.4. The molecule has 0 fully saturated rings. The maximum atomic E-state index is 12.1. The molecule has 1 amide bonds. The van der Waals surface area contributed by atoms with E-state index in [4.69, 9.17) is 23.2 Å². The molecule has 0 spiro atoms. The van der Waals surface area contributed by atoms with Crippen LogP contribution in [-0.2, 0) is 0 Å². The van der Waals surface area contributed by atoms with Crippen LogP contribution in [0.3, 0.4) is 0 Å². The summed E-state index contributed by atoms with van der Waals surface area (Å²) in [6, 6.07) is 14.7. The van der Waals surface area contributed by atoms with Gasteiger partial charge in [-0.2, -0.15) is 0 Å². The third-order valence-electron chi connectivity index (χ3n) is 2.78. The van der Waals surface area contributed by atoms with Crippen LogP contribution in [0.25, 0.3) is 0 Å². The van der Waals surface area contributed by atoms with Gasteiger partial charge in [0.2, 0.25) is 0 Å². The number of alkyl halides is 1. The number of amides is 1. The average molecular weight is 373 g/mol. The minimum absolute atomic E-state index is 0.0469. The van der Waals surface area contributed by atoms with Crippen molar-refractivity contribution < 1.29 is 4.79 Å². The summed E-state index contributed by atoms with van der Waals surface area (Å²) in [6.07, 6.45) is 0. The van der Waals surface area contributed by atoms with Crippen molar-refractivity contribution in [2.24, 2.45) is 0 Å². The molecule has 0 saturated heterocycles. The molecule has 5 heteroatoms. The third-order valence-corrected chi connectivity index (χ3v) is 4.19. The van der Waals surface area contributed by atoms with Gasteiger partial charge in [-0.25, -0.2) is 0 Å². The van der Waals surface area contributed by atoms with Gasteiger partial charge in [-0.1, -0.05) is 69.5 Å². The Morgan fingerprint density at radius 3 is 2.55 bits per heavy atom. The molecule has 1 atom stereocenters. The predicted octanol–water partition coefficient (Wildman–Crippen LogP) is 4.86. The fraction of sp³-hybridized carbons (Fsp3) is 0.133. The molecule has 104 valence electrons. The van der Waals surface area contributed by atoms with Crippen LogP contribution in [0.4, 0.5) is 0 Å². The Morgan fingerprint density at radius 1 is 1.15 bits per heavy atom. The molecule has 0 radical (unpaired) electrons. The van der Waals surface area contributed by atoms with Gasteiger partial charge < -0.3 is 5.32 Å². The van der Waals surface area contributed by atoms with E-state index in [2.05, 4.69) is 21.2 Å². The molecular weight excluding hydrogens is 361 g/mol. The maximum Gasteiger partial charge on any atom is 0.252 e. The highest BCUT2D eigenvalue weighted by Crippen LogP contribution is 2.23. The van der Waals surface area contributed by atoms with Crippen LogP contribution in [-0.4, -0.2) is 12.5 Å². The fourth-order valence-electron chi connectivity index (χ4n) is 1.73. The summed E-state index contributed by atoms with van der Waals surface area (Å²) in [7, 11) is 0. The molecule has 2 aromatic carbocycles. The molecule has 2 rings (SSSR count). The highest BCUT2D eigenvalue weighted by Gasteiger charge is 2.13. The second-order valence-electron chi connectivity index (χ2n) is 4.21. The summed E-state index contributed by atoms with van der Waals surface area (Å²) in [4.78, 5) is 12.1. The monoisotopic (exact) mass is 371 g/mol. The molecule has 1 unspecified atom stereocenters. The lowest BCUT2D eigenvalue weighted by molar-refractivity contribution is 0.0954. The Morgan fingerprint density at radius 2 is 1.85 bits per heavy atom. The van der Waals surface area contributed by atoms with Gasteiger partial charge in [-0.05, 0) is 23.8 Å². The first-order valence-electron chi connectivity index (χ1n) is 6.00. The van der Waals surface area contributed by atoms with E-state index in [1.54, 1.807) is 18.2 Å². The molecule has 0 saturated carbocycles. The number of carbonyl (C=O) groups is 1. The number of hydrogen-bond donors (Lipinski definition) is 1. The Balaban J connectivity index is 2.00. The topological polar surface area (TPSA) is 29.1 Å². The zero-order valence-electron chi connectivity index (χ0n) is 10.4. The van der Waals surface area contributed by atoms with Crippen molar-refractivity contribution in [1.82, 2.24) is 5.32 Å². The summed E-state index contributed by atoms with van der Waals surface area (Å²) in [5.74, 6) is -0.238. The van der Waals surface area contributed by atoms with E-state index in [0.717, 1.165) is 5.56 Å². The van der Waals surface area contributed by atoms with Crippen molar-refractivity contribution in [2.75, 3.05) is 6.54 Å². The van der Waals surface area contributed by atoms with Crippen LogP contribution in [0.15, 0.2) is 48.5 Å². The molecule has 0 aliphatic carbocycles. The van der Waals surface area contributed by atoms with Crippen molar-refractivity contribution in [1.29, 1.82) is 0 Å². The van der Waals surface area contributed by atoms with E-state index < -0.39 is 0 Å². The number of halogens is 3. The number of nitrogens with one attached hydrogen (secondary N) is 1. The minimum Gasteiger partial charge on any atom is -0.351 e. The van der Waals surface area contributed by atoms with Gasteiger partial charge in [0.1, 0.15) is 0 Å². The highest BCUT2D eigenvalue weighted by atomic mass is 79.9. The lowest BCUT2D eigenvalue weighted by Gasteiger charge is -2.12.